The van der Waals surface area contributed by atoms with Crippen LogP contribution in [0.2, 0.25) is 0 Å². The molecule has 2 aliphatic rings. The Morgan fingerprint density at radius 3 is 2.81 bits per heavy atom. The molecule has 0 radical (unpaired) electrons. The number of benzene rings is 2. The quantitative estimate of drug-likeness (QED) is 0.644. The number of carbonyl (C=O) groups excluding carboxylic acids is 1. The lowest BCUT2D eigenvalue weighted by Crippen LogP contribution is -2.43. The van der Waals surface area contributed by atoms with Gasteiger partial charge >= 0.3 is 0 Å². The van der Waals surface area contributed by atoms with Crippen molar-refractivity contribution in [2.45, 2.75) is 30.7 Å². The molecule has 8 nitrogen and oxygen atoms in total. The molecule has 3 aromatic rings. The van der Waals surface area contributed by atoms with Crippen molar-refractivity contribution in [1.82, 2.24) is 9.29 Å². The zero-order valence-corrected chi connectivity index (χ0v) is 18.5. The summed E-state index contributed by atoms with van der Waals surface area (Å²) in [7, 11) is -3.87. The van der Waals surface area contributed by atoms with E-state index in [0.29, 0.717) is 42.7 Å². The van der Waals surface area contributed by atoms with Crippen molar-refractivity contribution in [3.05, 3.63) is 42.0 Å². The normalized spacial score (nSPS) is 18.9. The number of thiazole rings is 1. The number of fused-ring (bicyclic) bond motifs is 2. The first-order chi connectivity index (χ1) is 14.9. The second kappa shape index (κ2) is 7.77. The summed E-state index contributed by atoms with van der Waals surface area (Å²) in [6.45, 7) is 3.05. The maximum Gasteiger partial charge on any atom is 0.244 e. The van der Waals surface area contributed by atoms with Crippen LogP contribution in [0.15, 0.2) is 41.3 Å². The smallest absolute Gasteiger partial charge is 0.244 e. The first kappa shape index (κ1) is 20.2. The Hall–Kier alpha value is -2.69. The van der Waals surface area contributed by atoms with E-state index in [1.165, 1.54) is 27.8 Å². The Kier molecular flexibility index (Phi) is 5.07. The molecule has 1 unspecified atom stereocenters. The number of ether oxygens (including phenoxy) is 2. The molecule has 2 aliphatic heterocycles. The first-order valence-corrected chi connectivity index (χ1v) is 12.3. The molecule has 10 heteroatoms. The van der Waals surface area contributed by atoms with Crippen molar-refractivity contribution in [2.24, 2.45) is 0 Å². The number of hydrogen-bond donors (Lipinski definition) is 1. The van der Waals surface area contributed by atoms with E-state index in [1.54, 1.807) is 6.07 Å². The summed E-state index contributed by atoms with van der Waals surface area (Å²) in [6, 6.07) is 9.62. The van der Waals surface area contributed by atoms with Crippen LogP contribution < -0.4 is 14.8 Å². The summed E-state index contributed by atoms with van der Waals surface area (Å²) in [5.41, 5.74) is 1.87. The predicted octanol–water partition coefficient (Wildman–Crippen LogP) is 3.17. The SMILES string of the molecule is Cc1cccc2sc(NC(=O)C3CCCN3S(=O)(=O)c3ccc4c(c3)OCCO4)nc12. The van der Waals surface area contributed by atoms with Gasteiger partial charge in [0, 0.05) is 12.6 Å². The number of hydrogen-bond acceptors (Lipinski definition) is 7. The summed E-state index contributed by atoms with van der Waals surface area (Å²) in [5.74, 6) is 0.555. The summed E-state index contributed by atoms with van der Waals surface area (Å²) in [5, 5.41) is 3.29. The minimum Gasteiger partial charge on any atom is -0.486 e. The summed E-state index contributed by atoms with van der Waals surface area (Å²) < 4.78 is 39.9. The molecule has 1 atom stereocenters. The lowest BCUT2D eigenvalue weighted by molar-refractivity contribution is -0.119. The third-order valence-electron chi connectivity index (χ3n) is 5.48. The number of aryl methyl sites for hydroxylation is 1. The van der Waals surface area contributed by atoms with E-state index in [2.05, 4.69) is 10.3 Å². The van der Waals surface area contributed by atoms with Crippen LogP contribution in [-0.4, -0.2) is 49.4 Å². The molecular weight excluding hydrogens is 438 g/mol. The molecule has 1 N–H and O–H groups in total. The number of carbonyl (C=O) groups is 1. The molecule has 162 valence electrons. The highest BCUT2D eigenvalue weighted by Crippen LogP contribution is 2.35. The van der Waals surface area contributed by atoms with Gasteiger partial charge in [-0.05, 0) is 43.5 Å². The van der Waals surface area contributed by atoms with Crippen LogP contribution in [0.3, 0.4) is 0 Å². The zero-order chi connectivity index (χ0) is 21.6. The highest BCUT2D eigenvalue weighted by molar-refractivity contribution is 7.89. The van der Waals surface area contributed by atoms with E-state index in [0.717, 1.165) is 15.8 Å². The van der Waals surface area contributed by atoms with E-state index in [9.17, 15) is 13.2 Å². The average molecular weight is 460 g/mol. The summed E-state index contributed by atoms with van der Waals surface area (Å²) in [6.07, 6.45) is 1.07. The Balaban J connectivity index is 1.39. The molecule has 0 bridgehead atoms. The molecule has 0 spiro atoms. The molecule has 31 heavy (non-hydrogen) atoms. The molecule has 2 aromatic carbocycles. The van der Waals surface area contributed by atoms with Crippen LogP contribution in [0.1, 0.15) is 18.4 Å². The second-order valence-electron chi connectivity index (χ2n) is 7.51. The van der Waals surface area contributed by atoms with Gasteiger partial charge in [0.05, 0.1) is 15.1 Å². The number of nitrogens with one attached hydrogen (secondary N) is 1. The Bertz CT molecular complexity index is 1270. The third kappa shape index (κ3) is 3.64. The van der Waals surface area contributed by atoms with Crippen LogP contribution in [-0.2, 0) is 14.8 Å². The highest BCUT2D eigenvalue weighted by Gasteiger charge is 2.40. The lowest BCUT2D eigenvalue weighted by Gasteiger charge is -2.24. The molecule has 0 saturated carbocycles. The molecule has 5 rings (SSSR count). The molecule has 1 aromatic heterocycles. The van der Waals surface area contributed by atoms with Gasteiger partial charge in [0.15, 0.2) is 16.6 Å². The van der Waals surface area contributed by atoms with Crippen LogP contribution >= 0.6 is 11.3 Å². The second-order valence-corrected chi connectivity index (χ2v) is 10.4. The van der Waals surface area contributed by atoms with E-state index in [4.69, 9.17) is 9.47 Å². The van der Waals surface area contributed by atoms with Gasteiger partial charge in [0.25, 0.3) is 0 Å². The van der Waals surface area contributed by atoms with Gasteiger partial charge in [-0.25, -0.2) is 13.4 Å². The van der Waals surface area contributed by atoms with E-state index < -0.39 is 16.1 Å². The highest BCUT2D eigenvalue weighted by atomic mass is 32.2. The van der Waals surface area contributed by atoms with Crippen molar-refractivity contribution in [1.29, 1.82) is 0 Å². The number of amides is 1. The number of rotatable bonds is 4. The van der Waals surface area contributed by atoms with E-state index in [1.807, 2.05) is 25.1 Å². The number of aromatic nitrogens is 1. The van der Waals surface area contributed by atoms with Crippen LogP contribution in [0.5, 0.6) is 11.5 Å². The Morgan fingerprint density at radius 2 is 2.00 bits per heavy atom. The lowest BCUT2D eigenvalue weighted by atomic mass is 10.2. The average Bonchev–Trinajstić information content (AvgIpc) is 3.41. The van der Waals surface area contributed by atoms with Crippen LogP contribution in [0, 0.1) is 6.92 Å². The number of sulfonamides is 1. The number of para-hydroxylation sites is 1. The molecule has 1 fully saturated rings. The van der Waals surface area contributed by atoms with Gasteiger partial charge in [-0.3, -0.25) is 4.79 Å². The van der Waals surface area contributed by atoms with Crippen molar-refractivity contribution in [3.8, 4) is 11.5 Å². The van der Waals surface area contributed by atoms with Crippen LogP contribution in [0.25, 0.3) is 10.2 Å². The number of anilines is 1. The molecule has 1 amide bonds. The summed E-state index contributed by atoms with van der Waals surface area (Å²) >= 11 is 1.38. The Labute approximate surface area is 183 Å². The van der Waals surface area contributed by atoms with Crippen molar-refractivity contribution >= 4 is 42.6 Å². The minimum atomic E-state index is -3.87. The molecule has 1 saturated heterocycles. The third-order valence-corrected chi connectivity index (χ3v) is 8.32. The molecule has 0 aliphatic carbocycles. The monoisotopic (exact) mass is 459 g/mol. The van der Waals surface area contributed by atoms with Gasteiger partial charge < -0.3 is 14.8 Å². The van der Waals surface area contributed by atoms with Crippen molar-refractivity contribution in [2.75, 3.05) is 25.1 Å². The molecular formula is C21H21N3O5S2. The van der Waals surface area contributed by atoms with Gasteiger partial charge in [-0.2, -0.15) is 4.31 Å². The van der Waals surface area contributed by atoms with Gasteiger partial charge in [-0.15, -0.1) is 0 Å². The summed E-state index contributed by atoms with van der Waals surface area (Å²) in [4.78, 5) is 17.6. The maximum absolute atomic E-state index is 13.3. The maximum atomic E-state index is 13.3. The van der Waals surface area contributed by atoms with Crippen LogP contribution in [0.4, 0.5) is 5.13 Å². The van der Waals surface area contributed by atoms with Gasteiger partial charge in [0.2, 0.25) is 15.9 Å². The topological polar surface area (TPSA) is 97.8 Å². The largest absolute Gasteiger partial charge is 0.486 e. The predicted molar refractivity (Wildman–Crippen MR) is 117 cm³/mol. The van der Waals surface area contributed by atoms with Gasteiger partial charge in [0.1, 0.15) is 19.3 Å². The minimum absolute atomic E-state index is 0.0899. The zero-order valence-electron chi connectivity index (χ0n) is 16.8. The fraction of sp³-hybridized carbons (Fsp3) is 0.333. The van der Waals surface area contributed by atoms with E-state index in [-0.39, 0.29) is 17.3 Å². The number of nitrogens with zero attached hydrogens (tertiary/aromatic N) is 2. The molecule has 3 heterocycles. The van der Waals surface area contributed by atoms with Crippen molar-refractivity contribution in [3.63, 3.8) is 0 Å². The standard InChI is InChI=1S/C21H21N3O5S2/c1-13-4-2-6-18-19(13)22-21(30-18)23-20(25)15-5-3-9-24(15)31(26,27)14-7-8-16-17(12-14)29-11-10-28-16/h2,4,6-8,12,15H,3,5,9-11H2,1H3,(H,22,23,25). The van der Waals surface area contributed by atoms with Crippen molar-refractivity contribution < 1.29 is 22.7 Å². The first-order valence-electron chi connectivity index (χ1n) is 10.0. The van der Waals surface area contributed by atoms with E-state index >= 15 is 0 Å². The van der Waals surface area contributed by atoms with Gasteiger partial charge in [-0.1, -0.05) is 23.5 Å². The Morgan fingerprint density at radius 1 is 1.19 bits per heavy atom. The fourth-order valence-corrected chi connectivity index (χ4v) is 6.56. The fourth-order valence-electron chi connectivity index (χ4n) is 3.94.